The average Bonchev–Trinajstić information content (AvgIpc) is 3.19. The molecular weight excluding hydrogens is 342 g/mol. The molecule has 2 aromatic rings. The van der Waals surface area contributed by atoms with Gasteiger partial charge in [-0.05, 0) is 49.8 Å². The minimum Gasteiger partial charge on any atom is -0.481 e. The van der Waals surface area contributed by atoms with Gasteiger partial charge in [0.05, 0.1) is 18.6 Å². The molecule has 6 nitrogen and oxygen atoms in total. The molecule has 7 heteroatoms. The number of halogens is 1. The molecule has 1 saturated carbocycles. The van der Waals surface area contributed by atoms with Crippen molar-refractivity contribution < 1.29 is 15.0 Å². The molecule has 3 rings (SSSR count). The second-order valence-electron chi connectivity index (χ2n) is 7.11. The van der Waals surface area contributed by atoms with E-state index in [-0.39, 0.29) is 12.5 Å². The van der Waals surface area contributed by atoms with E-state index in [2.05, 4.69) is 10.1 Å². The Hall–Kier alpha value is -1.92. The molecule has 0 bridgehead atoms. The summed E-state index contributed by atoms with van der Waals surface area (Å²) in [6.07, 6.45) is 4.94. The van der Waals surface area contributed by atoms with Gasteiger partial charge in [-0.3, -0.25) is 9.48 Å². The molecule has 0 saturated heterocycles. The van der Waals surface area contributed by atoms with Gasteiger partial charge in [-0.15, -0.1) is 0 Å². The number of aliphatic hydroxyl groups excluding tert-OH is 1. The number of carboxylic acid groups (broad SMARTS) is 1. The maximum Gasteiger partial charge on any atom is 0.310 e. The number of carboxylic acids is 1. The largest absolute Gasteiger partial charge is 0.481 e. The number of benzene rings is 1. The van der Waals surface area contributed by atoms with E-state index in [1.165, 1.54) is 6.33 Å². The zero-order chi connectivity index (χ0) is 18.1. The smallest absolute Gasteiger partial charge is 0.310 e. The number of carbonyl (C=O) groups is 1. The van der Waals surface area contributed by atoms with Crippen molar-refractivity contribution in [2.45, 2.75) is 32.7 Å². The lowest BCUT2D eigenvalue weighted by molar-refractivity contribution is -0.160. The Bertz CT molecular complexity index is 735. The van der Waals surface area contributed by atoms with E-state index in [1.807, 2.05) is 24.3 Å². The van der Waals surface area contributed by atoms with Crippen LogP contribution in [0.25, 0.3) is 0 Å². The highest BCUT2D eigenvalue weighted by Crippen LogP contribution is 2.58. The van der Waals surface area contributed by atoms with E-state index in [9.17, 15) is 15.0 Å². The Labute approximate surface area is 151 Å². The van der Waals surface area contributed by atoms with Gasteiger partial charge in [0.2, 0.25) is 0 Å². The summed E-state index contributed by atoms with van der Waals surface area (Å²) in [4.78, 5) is 16.0. The van der Waals surface area contributed by atoms with E-state index >= 15 is 0 Å². The second kappa shape index (κ2) is 6.77. The zero-order valence-corrected chi connectivity index (χ0v) is 14.9. The number of aliphatic hydroxyl groups is 1. The normalized spacial score (nSPS) is 29.0. The minimum absolute atomic E-state index is 0.0176. The summed E-state index contributed by atoms with van der Waals surface area (Å²) in [5.41, 5.74) is -0.753. The number of nitrogens with zero attached hydrogens (tertiary/aromatic N) is 3. The predicted octanol–water partition coefficient (Wildman–Crippen LogP) is 2.65. The molecule has 1 fully saturated rings. The predicted molar refractivity (Wildman–Crippen MR) is 93.2 cm³/mol. The molecule has 1 aromatic carbocycles. The number of rotatable bonds is 6. The van der Waals surface area contributed by atoms with Gasteiger partial charge in [0.1, 0.15) is 12.7 Å². The van der Waals surface area contributed by atoms with Gasteiger partial charge >= 0.3 is 5.97 Å². The van der Waals surface area contributed by atoms with Crippen LogP contribution in [0.3, 0.4) is 0 Å². The molecular formula is C18H22ClN3O3. The van der Waals surface area contributed by atoms with Crippen LogP contribution in [-0.2, 0) is 17.8 Å². The van der Waals surface area contributed by atoms with Gasteiger partial charge in [-0.1, -0.05) is 23.7 Å². The molecule has 3 atom stereocenters. The molecule has 1 aliphatic rings. The van der Waals surface area contributed by atoms with Crippen LogP contribution in [0.4, 0.5) is 0 Å². The first-order valence-corrected chi connectivity index (χ1v) is 8.70. The average molecular weight is 364 g/mol. The summed E-state index contributed by atoms with van der Waals surface area (Å²) in [6, 6.07) is 7.58. The lowest BCUT2D eigenvalue weighted by atomic mass is 9.62. The molecule has 2 N–H and O–H groups in total. The summed E-state index contributed by atoms with van der Waals surface area (Å²) in [5.74, 6) is -0.857. The van der Waals surface area contributed by atoms with Gasteiger partial charge in [-0.2, -0.15) is 5.10 Å². The molecule has 25 heavy (non-hydrogen) atoms. The third-order valence-electron chi connectivity index (χ3n) is 5.93. The fourth-order valence-electron chi connectivity index (χ4n) is 4.22. The van der Waals surface area contributed by atoms with Crippen molar-refractivity contribution in [3.63, 3.8) is 0 Å². The first kappa shape index (κ1) is 17.9. The van der Waals surface area contributed by atoms with Crippen molar-refractivity contribution in [1.82, 2.24) is 14.8 Å². The molecule has 0 spiro atoms. The van der Waals surface area contributed by atoms with Crippen molar-refractivity contribution in [3.8, 4) is 0 Å². The van der Waals surface area contributed by atoms with Crippen molar-refractivity contribution in [2.24, 2.45) is 16.7 Å². The molecule has 0 aliphatic heterocycles. The molecule has 1 heterocycles. The first-order chi connectivity index (χ1) is 11.9. The van der Waals surface area contributed by atoms with Crippen LogP contribution in [0.5, 0.6) is 0 Å². The molecule has 1 aliphatic carbocycles. The van der Waals surface area contributed by atoms with Gasteiger partial charge in [0.25, 0.3) is 0 Å². The Kier molecular flexibility index (Phi) is 4.84. The number of hydrogen-bond donors (Lipinski definition) is 2. The van der Waals surface area contributed by atoms with Gasteiger partial charge in [-0.25, -0.2) is 4.98 Å². The third-order valence-corrected chi connectivity index (χ3v) is 6.19. The van der Waals surface area contributed by atoms with Gasteiger partial charge in [0, 0.05) is 10.4 Å². The van der Waals surface area contributed by atoms with Crippen LogP contribution >= 0.6 is 11.6 Å². The van der Waals surface area contributed by atoms with Crippen LogP contribution in [0.15, 0.2) is 36.9 Å². The Balaban J connectivity index is 1.97. The topological polar surface area (TPSA) is 88.2 Å². The number of aromatic nitrogens is 3. The standard InChI is InChI=1S/C18H22ClN3O3/c1-17(16(24)25)7-6-14(8-13-2-4-15(19)5-3-13)18(17,10-23)9-22-12-20-11-21-22/h2-5,11-12,14,23H,6-10H2,1H3,(H,24,25). The highest BCUT2D eigenvalue weighted by Gasteiger charge is 2.61. The zero-order valence-electron chi connectivity index (χ0n) is 14.1. The molecule has 1 aromatic heterocycles. The van der Waals surface area contributed by atoms with Crippen LogP contribution in [0.1, 0.15) is 25.3 Å². The fourth-order valence-corrected chi connectivity index (χ4v) is 4.35. The van der Waals surface area contributed by atoms with Crippen molar-refractivity contribution in [3.05, 3.63) is 47.5 Å². The van der Waals surface area contributed by atoms with Gasteiger partial charge < -0.3 is 10.2 Å². The lowest BCUT2D eigenvalue weighted by Crippen LogP contribution is -2.50. The highest BCUT2D eigenvalue weighted by atomic mass is 35.5. The second-order valence-corrected chi connectivity index (χ2v) is 7.55. The molecule has 0 radical (unpaired) electrons. The third kappa shape index (κ3) is 3.04. The summed E-state index contributed by atoms with van der Waals surface area (Å²) in [7, 11) is 0. The minimum atomic E-state index is -1.02. The van der Waals surface area contributed by atoms with E-state index in [4.69, 9.17) is 11.6 Å². The van der Waals surface area contributed by atoms with E-state index in [1.54, 1.807) is 17.9 Å². The summed E-state index contributed by atoms with van der Waals surface area (Å²) < 4.78 is 1.62. The Morgan fingerprint density at radius 3 is 2.68 bits per heavy atom. The van der Waals surface area contributed by atoms with E-state index in [0.29, 0.717) is 24.4 Å². The lowest BCUT2D eigenvalue weighted by Gasteiger charge is -2.43. The van der Waals surface area contributed by atoms with E-state index in [0.717, 1.165) is 12.0 Å². The quantitative estimate of drug-likeness (QED) is 0.823. The van der Waals surface area contributed by atoms with Crippen LogP contribution in [0, 0.1) is 16.7 Å². The number of hydrogen-bond acceptors (Lipinski definition) is 4. The molecule has 3 unspecified atom stereocenters. The monoisotopic (exact) mass is 363 g/mol. The van der Waals surface area contributed by atoms with Gasteiger partial charge in [0.15, 0.2) is 0 Å². The summed E-state index contributed by atoms with van der Waals surface area (Å²) in [5, 5.41) is 25.1. The maximum atomic E-state index is 12.1. The van der Waals surface area contributed by atoms with Crippen LogP contribution in [0.2, 0.25) is 5.02 Å². The van der Waals surface area contributed by atoms with Crippen molar-refractivity contribution in [2.75, 3.05) is 6.61 Å². The molecule has 0 amide bonds. The summed E-state index contributed by atoms with van der Waals surface area (Å²) >= 11 is 5.96. The molecule has 134 valence electrons. The van der Waals surface area contributed by atoms with Crippen molar-refractivity contribution in [1.29, 1.82) is 0 Å². The van der Waals surface area contributed by atoms with E-state index < -0.39 is 16.8 Å². The first-order valence-electron chi connectivity index (χ1n) is 8.32. The van der Waals surface area contributed by atoms with Crippen molar-refractivity contribution >= 4 is 17.6 Å². The van der Waals surface area contributed by atoms with Crippen LogP contribution in [-0.4, -0.2) is 37.6 Å². The highest BCUT2D eigenvalue weighted by molar-refractivity contribution is 6.30. The maximum absolute atomic E-state index is 12.1. The SMILES string of the molecule is CC1(C(=O)O)CCC(Cc2ccc(Cl)cc2)C1(CO)Cn1cncn1. The Morgan fingerprint density at radius 1 is 1.40 bits per heavy atom. The van der Waals surface area contributed by atoms with Crippen LogP contribution < -0.4 is 0 Å². The fraction of sp³-hybridized carbons (Fsp3) is 0.500. The number of aliphatic carboxylic acids is 1. The summed E-state index contributed by atoms with van der Waals surface area (Å²) in [6.45, 7) is 1.85. The Morgan fingerprint density at radius 2 is 2.12 bits per heavy atom.